The van der Waals surface area contributed by atoms with Crippen molar-refractivity contribution in [3.63, 3.8) is 0 Å². The zero-order valence-electron chi connectivity index (χ0n) is 13.8. The van der Waals surface area contributed by atoms with Gasteiger partial charge >= 0.3 is 5.97 Å². The van der Waals surface area contributed by atoms with Gasteiger partial charge < -0.3 is 9.64 Å². The van der Waals surface area contributed by atoms with Crippen LogP contribution in [0.4, 0.5) is 0 Å². The number of fused-ring (bicyclic) bond motifs is 2. The summed E-state index contributed by atoms with van der Waals surface area (Å²) in [7, 11) is 0. The number of carbonyl (C=O) groups excluding carboxylic acids is 2. The molecule has 0 saturated heterocycles. The van der Waals surface area contributed by atoms with Gasteiger partial charge in [-0.25, -0.2) is 4.79 Å². The van der Waals surface area contributed by atoms with Crippen LogP contribution in [0.25, 0.3) is 10.1 Å². The number of nitrogens with zero attached hydrogens (tertiary/aromatic N) is 1. The molecule has 0 aliphatic carbocycles. The fraction of sp³-hybridized carbons (Fsp3) is 0.200. The number of hydrogen-bond donors (Lipinski definition) is 0. The number of esters is 1. The van der Waals surface area contributed by atoms with Crippen LogP contribution in [0.15, 0.2) is 54.6 Å². The van der Waals surface area contributed by atoms with Gasteiger partial charge in [0.25, 0.3) is 5.91 Å². The minimum absolute atomic E-state index is 0.119. The number of ether oxygens (including phenoxy) is 1. The van der Waals surface area contributed by atoms with Gasteiger partial charge in [0.15, 0.2) is 6.04 Å². The molecule has 126 valence electrons. The van der Waals surface area contributed by atoms with Gasteiger partial charge in [-0.2, -0.15) is 0 Å². The highest BCUT2D eigenvalue weighted by atomic mass is 32.1. The summed E-state index contributed by atoms with van der Waals surface area (Å²) < 4.78 is 6.38. The smallest absolute Gasteiger partial charge is 0.334 e. The summed E-state index contributed by atoms with van der Waals surface area (Å²) in [6.45, 7) is 2.49. The van der Waals surface area contributed by atoms with E-state index in [0.717, 1.165) is 20.5 Å². The van der Waals surface area contributed by atoms with Crippen molar-refractivity contribution in [2.45, 2.75) is 19.5 Å². The number of carbonyl (C=O) groups is 2. The van der Waals surface area contributed by atoms with Gasteiger partial charge in [0.1, 0.15) is 0 Å². The van der Waals surface area contributed by atoms with Crippen molar-refractivity contribution in [3.05, 3.63) is 70.6 Å². The molecule has 3 aromatic rings. The van der Waals surface area contributed by atoms with Crippen LogP contribution in [0.2, 0.25) is 0 Å². The SMILES string of the molecule is CCOC(=O)C(c1cc2ccccc2s1)N1Cc2ccccc2C1=O. The molecular weight excluding hydrogens is 334 g/mol. The summed E-state index contributed by atoms with van der Waals surface area (Å²) in [6.07, 6.45) is 0. The van der Waals surface area contributed by atoms with Crippen LogP contribution in [0.5, 0.6) is 0 Å². The Morgan fingerprint density at radius 3 is 2.72 bits per heavy atom. The van der Waals surface area contributed by atoms with E-state index in [1.165, 1.54) is 11.3 Å². The quantitative estimate of drug-likeness (QED) is 0.663. The van der Waals surface area contributed by atoms with E-state index in [0.29, 0.717) is 12.1 Å². The lowest BCUT2D eigenvalue weighted by molar-refractivity contribution is -0.148. The maximum Gasteiger partial charge on any atom is 0.334 e. The van der Waals surface area contributed by atoms with Crippen molar-refractivity contribution in [2.24, 2.45) is 0 Å². The van der Waals surface area contributed by atoms with Crippen LogP contribution < -0.4 is 0 Å². The van der Waals surface area contributed by atoms with Crippen LogP contribution in [0.3, 0.4) is 0 Å². The zero-order valence-corrected chi connectivity index (χ0v) is 14.6. The monoisotopic (exact) mass is 351 g/mol. The second-order valence-corrected chi connectivity index (χ2v) is 7.05. The normalized spacial score (nSPS) is 14.6. The molecule has 0 bridgehead atoms. The summed E-state index contributed by atoms with van der Waals surface area (Å²) in [4.78, 5) is 28.0. The Hall–Kier alpha value is -2.66. The molecule has 1 atom stereocenters. The fourth-order valence-electron chi connectivity index (χ4n) is 3.24. The largest absolute Gasteiger partial charge is 0.464 e. The van der Waals surface area contributed by atoms with E-state index in [-0.39, 0.29) is 18.5 Å². The second-order valence-electron chi connectivity index (χ2n) is 5.93. The molecule has 2 aromatic carbocycles. The first-order valence-corrected chi connectivity index (χ1v) is 9.04. The molecule has 1 unspecified atom stereocenters. The molecule has 0 spiro atoms. The first-order chi connectivity index (χ1) is 12.2. The van der Waals surface area contributed by atoms with E-state index in [4.69, 9.17) is 4.74 Å². The van der Waals surface area contributed by atoms with Crippen LogP contribution in [0.1, 0.15) is 33.8 Å². The third-order valence-corrected chi connectivity index (χ3v) is 5.55. The van der Waals surface area contributed by atoms with Crippen LogP contribution in [-0.4, -0.2) is 23.4 Å². The summed E-state index contributed by atoms with van der Waals surface area (Å²) >= 11 is 1.53. The zero-order chi connectivity index (χ0) is 17.4. The van der Waals surface area contributed by atoms with Crippen LogP contribution in [0, 0.1) is 0 Å². The fourth-order valence-corrected chi connectivity index (χ4v) is 4.41. The van der Waals surface area contributed by atoms with Gasteiger partial charge in [0.05, 0.1) is 6.61 Å². The molecule has 1 aliphatic heterocycles. The van der Waals surface area contributed by atoms with Crippen molar-refractivity contribution in [1.29, 1.82) is 0 Å². The standard InChI is InChI=1S/C20H17NO3S/c1-2-24-20(23)18(17-11-13-7-4-6-10-16(13)25-17)21-12-14-8-3-5-9-15(14)19(21)22/h3-11,18H,2,12H2,1H3. The maximum absolute atomic E-state index is 12.9. The van der Waals surface area contributed by atoms with Crippen molar-refractivity contribution in [1.82, 2.24) is 4.90 Å². The Bertz CT molecular complexity index is 929. The van der Waals surface area contributed by atoms with Crippen LogP contribution in [-0.2, 0) is 16.1 Å². The minimum Gasteiger partial charge on any atom is -0.464 e. The van der Waals surface area contributed by atoms with Gasteiger partial charge in [-0.3, -0.25) is 4.79 Å². The van der Waals surface area contributed by atoms with E-state index in [1.807, 2.05) is 54.6 Å². The van der Waals surface area contributed by atoms with E-state index < -0.39 is 6.04 Å². The lowest BCUT2D eigenvalue weighted by atomic mass is 10.1. The Morgan fingerprint density at radius 1 is 1.20 bits per heavy atom. The number of rotatable bonds is 4. The van der Waals surface area contributed by atoms with E-state index in [2.05, 4.69) is 0 Å². The average molecular weight is 351 g/mol. The van der Waals surface area contributed by atoms with Gasteiger partial charge in [-0.1, -0.05) is 36.4 Å². The van der Waals surface area contributed by atoms with Gasteiger partial charge in [0, 0.05) is 21.7 Å². The molecule has 4 nitrogen and oxygen atoms in total. The molecule has 0 fully saturated rings. The molecule has 0 saturated carbocycles. The predicted molar refractivity (Wildman–Crippen MR) is 97.5 cm³/mol. The molecule has 1 amide bonds. The number of amides is 1. The van der Waals surface area contributed by atoms with Gasteiger partial charge in [-0.15, -0.1) is 11.3 Å². The molecule has 1 aliphatic rings. The van der Waals surface area contributed by atoms with Gasteiger partial charge in [-0.05, 0) is 36.1 Å². The van der Waals surface area contributed by atoms with Crippen molar-refractivity contribution >= 4 is 33.3 Å². The molecule has 1 aromatic heterocycles. The minimum atomic E-state index is -0.711. The molecular formula is C20H17NO3S. The van der Waals surface area contributed by atoms with Gasteiger partial charge in [0.2, 0.25) is 0 Å². The van der Waals surface area contributed by atoms with Crippen LogP contribution >= 0.6 is 11.3 Å². The Morgan fingerprint density at radius 2 is 1.96 bits per heavy atom. The van der Waals surface area contributed by atoms with E-state index in [9.17, 15) is 9.59 Å². The second kappa shape index (κ2) is 6.33. The first kappa shape index (κ1) is 15.8. The summed E-state index contributed by atoms with van der Waals surface area (Å²) in [5.74, 6) is -0.499. The Labute approximate surface area is 149 Å². The maximum atomic E-state index is 12.9. The van der Waals surface area contributed by atoms with Crippen molar-refractivity contribution in [2.75, 3.05) is 6.61 Å². The molecule has 2 heterocycles. The number of thiophene rings is 1. The highest BCUT2D eigenvalue weighted by Gasteiger charge is 2.38. The van der Waals surface area contributed by atoms with E-state index in [1.54, 1.807) is 11.8 Å². The Kier molecular flexibility index (Phi) is 4.01. The summed E-state index contributed by atoms with van der Waals surface area (Å²) in [5, 5.41) is 1.07. The third kappa shape index (κ3) is 2.70. The molecule has 5 heteroatoms. The lowest BCUT2D eigenvalue weighted by Crippen LogP contribution is -2.35. The van der Waals surface area contributed by atoms with Crippen molar-refractivity contribution < 1.29 is 14.3 Å². The molecule has 0 radical (unpaired) electrons. The third-order valence-electron chi connectivity index (χ3n) is 4.38. The summed E-state index contributed by atoms with van der Waals surface area (Å²) in [6, 6.07) is 16.7. The predicted octanol–water partition coefficient (Wildman–Crippen LogP) is 4.16. The number of benzene rings is 2. The topological polar surface area (TPSA) is 46.6 Å². The van der Waals surface area contributed by atoms with E-state index >= 15 is 0 Å². The Balaban J connectivity index is 1.77. The molecule has 25 heavy (non-hydrogen) atoms. The molecule has 4 rings (SSSR count). The lowest BCUT2D eigenvalue weighted by Gasteiger charge is -2.25. The van der Waals surface area contributed by atoms with Crippen molar-refractivity contribution in [3.8, 4) is 0 Å². The molecule has 0 N–H and O–H groups in total. The summed E-state index contributed by atoms with van der Waals surface area (Å²) in [5.41, 5.74) is 1.61. The highest BCUT2D eigenvalue weighted by Crippen LogP contribution is 2.37. The average Bonchev–Trinajstić information content (AvgIpc) is 3.18. The number of hydrogen-bond acceptors (Lipinski definition) is 4. The first-order valence-electron chi connectivity index (χ1n) is 8.23. The highest BCUT2D eigenvalue weighted by molar-refractivity contribution is 7.19.